The zero-order valence-corrected chi connectivity index (χ0v) is 10.4. The van der Waals surface area contributed by atoms with E-state index >= 15 is 0 Å². The van der Waals surface area contributed by atoms with Gasteiger partial charge in [0.2, 0.25) is 11.6 Å². The number of hydrogen-bond donors (Lipinski definition) is 3. The number of nitrogens with zero attached hydrogens (tertiary/aromatic N) is 2. The Morgan fingerprint density at radius 1 is 1.22 bits per heavy atom. The summed E-state index contributed by atoms with van der Waals surface area (Å²) in [5.74, 6) is -0.445. The first-order chi connectivity index (χ1) is 8.58. The number of H-pyrrole nitrogens is 2. The van der Waals surface area contributed by atoms with Crippen LogP contribution < -0.4 is 5.56 Å². The Labute approximate surface area is 111 Å². The third-order valence-corrected chi connectivity index (χ3v) is 2.53. The number of hydrogen-bond acceptors (Lipinski definition) is 5. The van der Waals surface area contributed by atoms with Crippen LogP contribution in [-0.4, -0.2) is 15.1 Å². The van der Waals surface area contributed by atoms with Crippen LogP contribution in [0.3, 0.4) is 0 Å². The Balaban J connectivity index is 2.45. The maximum atomic E-state index is 11.5. The minimum atomic E-state index is -0.632. The minimum absolute atomic E-state index is 0.00851. The molecule has 0 aliphatic rings. The molecule has 0 aliphatic heterocycles. The molecule has 0 fully saturated rings. The summed E-state index contributed by atoms with van der Waals surface area (Å²) in [5.41, 5.74) is -0.504. The highest BCUT2D eigenvalue weighted by atomic mass is 35.5. The smallest absolute Gasteiger partial charge is 0.283 e. The summed E-state index contributed by atoms with van der Waals surface area (Å²) in [4.78, 5) is 16.1. The Morgan fingerprint density at radius 2 is 1.94 bits per heavy atom. The molecule has 0 atom stereocenters. The molecule has 1 heterocycles. The minimum Gasteiger partial charge on any atom is -0.493 e. The first kappa shape index (κ1) is 12.5. The van der Waals surface area contributed by atoms with Crippen molar-refractivity contribution in [3.63, 3.8) is 0 Å². The van der Waals surface area contributed by atoms with Crippen molar-refractivity contribution in [2.45, 2.75) is 0 Å². The van der Waals surface area contributed by atoms with Crippen molar-refractivity contribution >= 4 is 35.2 Å². The average molecular weight is 283 g/mol. The predicted molar refractivity (Wildman–Crippen MR) is 69.5 cm³/mol. The van der Waals surface area contributed by atoms with E-state index in [1.165, 1.54) is 0 Å². The van der Waals surface area contributed by atoms with E-state index in [1.54, 1.807) is 24.3 Å². The Kier molecular flexibility index (Phi) is 3.54. The molecule has 1 aromatic heterocycles. The second-order valence-corrected chi connectivity index (χ2v) is 4.07. The van der Waals surface area contributed by atoms with Gasteiger partial charge >= 0.3 is 0 Å². The third-order valence-electron chi connectivity index (χ3n) is 2.01. The van der Waals surface area contributed by atoms with Gasteiger partial charge in [0.05, 0.1) is 5.02 Å². The monoisotopic (exact) mass is 282 g/mol. The van der Waals surface area contributed by atoms with Crippen LogP contribution in [0.1, 0.15) is 0 Å². The SMILES string of the molecule is O=c1[nH]c(=S)[nH]c(O)c1N=Nc1ccccc1Cl. The molecule has 18 heavy (non-hydrogen) atoms. The van der Waals surface area contributed by atoms with Crippen LogP contribution in [0.25, 0.3) is 0 Å². The van der Waals surface area contributed by atoms with Gasteiger partial charge in [0.1, 0.15) is 5.69 Å². The van der Waals surface area contributed by atoms with E-state index in [-0.39, 0.29) is 10.5 Å². The second-order valence-electron chi connectivity index (χ2n) is 3.26. The summed E-state index contributed by atoms with van der Waals surface area (Å²) >= 11 is 10.5. The molecule has 0 aliphatic carbocycles. The zero-order chi connectivity index (χ0) is 13.1. The van der Waals surface area contributed by atoms with Crippen molar-refractivity contribution in [3.05, 3.63) is 44.4 Å². The fourth-order valence-corrected chi connectivity index (χ4v) is 1.56. The van der Waals surface area contributed by atoms with Crippen LogP contribution in [0.4, 0.5) is 11.4 Å². The van der Waals surface area contributed by atoms with Crippen LogP contribution in [-0.2, 0) is 0 Å². The number of azo groups is 1. The lowest BCUT2D eigenvalue weighted by Crippen LogP contribution is -2.06. The predicted octanol–water partition coefficient (Wildman–Crippen LogP) is 3.21. The van der Waals surface area contributed by atoms with E-state index in [2.05, 4.69) is 32.4 Å². The van der Waals surface area contributed by atoms with E-state index in [9.17, 15) is 9.90 Å². The van der Waals surface area contributed by atoms with E-state index in [1.807, 2.05) is 0 Å². The maximum Gasteiger partial charge on any atom is 0.283 e. The van der Waals surface area contributed by atoms with Crippen LogP contribution in [0.2, 0.25) is 5.02 Å². The molecule has 0 saturated heterocycles. The van der Waals surface area contributed by atoms with Gasteiger partial charge in [0, 0.05) is 0 Å². The fourth-order valence-electron chi connectivity index (χ4n) is 1.20. The lowest BCUT2D eigenvalue weighted by atomic mass is 10.3. The molecule has 92 valence electrons. The second kappa shape index (κ2) is 5.11. The molecule has 2 rings (SSSR count). The normalized spacial score (nSPS) is 10.9. The summed E-state index contributed by atoms with van der Waals surface area (Å²) in [5, 5.41) is 17.3. The Morgan fingerprint density at radius 3 is 2.61 bits per heavy atom. The topological polar surface area (TPSA) is 93.6 Å². The molecule has 0 bridgehead atoms. The van der Waals surface area contributed by atoms with E-state index in [0.717, 1.165) is 0 Å². The van der Waals surface area contributed by atoms with Gasteiger partial charge < -0.3 is 10.1 Å². The number of benzene rings is 1. The highest BCUT2D eigenvalue weighted by Gasteiger charge is 2.06. The van der Waals surface area contributed by atoms with Crippen LogP contribution in [0.15, 0.2) is 39.3 Å². The van der Waals surface area contributed by atoms with Gasteiger partial charge in [-0.25, -0.2) is 0 Å². The Hall–Kier alpha value is -1.99. The molecule has 0 unspecified atom stereocenters. The standard InChI is InChI=1S/C10H7ClN4O2S/c11-5-3-1-2-4-6(5)14-15-7-8(16)12-10(18)13-9(7)17/h1-4H,(H3,12,13,16,17,18). The molecule has 0 saturated carbocycles. The quantitative estimate of drug-likeness (QED) is 0.583. The highest BCUT2D eigenvalue weighted by molar-refractivity contribution is 7.71. The lowest BCUT2D eigenvalue weighted by Gasteiger charge is -1.97. The molecular formula is C10H7ClN4O2S. The van der Waals surface area contributed by atoms with Crippen molar-refractivity contribution in [3.8, 4) is 5.88 Å². The lowest BCUT2D eigenvalue weighted by molar-refractivity contribution is 0.451. The van der Waals surface area contributed by atoms with Crippen LogP contribution in [0, 0.1) is 4.77 Å². The molecule has 6 nitrogen and oxygen atoms in total. The van der Waals surface area contributed by atoms with Crippen molar-refractivity contribution in [1.29, 1.82) is 0 Å². The van der Waals surface area contributed by atoms with Crippen LogP contribution >= 0.6 is 23.8 Å². The summed E-state index contributed by atoms with van der Waals surface area (Å²) in [7, 11) is 0. The first-order valence-corrected chi connectivity index (χ1v) is 5.58. The van der Waals surface area contributed by atoms with Crippen molar-refractivity contribution in [2.75, 3.05) is 0 Å². The largest absolute Gasteiger partial charge is 0.493 e. The summed E-state index contributed by atoms with van der Waals surface area (Å²) in [6, 6.07) is 6.73. The third kappa shape index (κ3) is 2.63. The number of nitrogens with one attached hydrogen (secondary N) is 2. The number of rotatable bonds is 2. The zero-order valence-electron chi connectivity index (χ0n) is 8.85. The number of aromatic nitrogens is 2. The molecular weight excluding hydrogens is 276 g/mol. The fraction of sp³-hybridized carbons (Fsp3) is 0. The maximum absolute atomic E-state index is 11.5. The molecule has 0 spiro atoms. The van der Waals surface area contributed by atoms with Gasteiger partial charge in [-0.2, -0.15) is 0 Å². The molecule has 0 amide bonds. The van der Waals surface area contributed by atoms with Gasteiger partial charge in [-0.15, -0.1) is 10.2 Å². The van der Waals surface area contributed by atoms with Crippen molar-refractivity contribution < 1.29 is 5.11 Å². The van der Waals surface area contributed by atoms with Gasteiger partial charge in [0.15, 0.2) is 4.77 Å². The van der Waals surface area contributed by atoms with E-state index in [0.29, 0.717) is 10.7 Å². The first-order valence-electron chi connectivity index (χ1n) is 4.80. The number of halogens is 1. The average Bonchev–Trinajstić information content (AvgIpc) is 2.30. The van der Waals surface area contributed by atoms with E-state index < -0.39 is 11.4 Å². The molecule has 1 aromatic carbocycles. The van der Waals surface area contributed by atoms with Gasteiger partial charge in [-0.1, -0.05) is 23.7 Å². The summed E-state index contributed by atoms with van der Waals surface area (Å²) in [6.07, 6.45) is 0. The van der Waals surface area contributed by atoms with Gasteiger partial charge in [-0.05, 0) is 24.4 Å². The molecule has 2 aromatic rings. The highest BCUT2D eigenvalue weighted by Crippen LogP contribution is 2.26. The van der Waals surface area contributed by atoms with Gasteiger partial charge in [-0.3, -0.25) is 9.78 Å². The van der Waals surface area contributed by atoms with Gasteiger partial charge in [0.25, 0.3) is 5.56 Å². The van der Waals surface area contributed by atoms with Crippen molar-refractivity contribution in [2.24, 2.45) is 10.2 Å². The number of aromatic amines is 2. The van der Waals surface area contributed by atoms with Crippen molar-refractivity contribution in [1.82, 2.24) is 9.97 Å². The Bertz CT molecular complexity index is 722. The van der Waals surface area contributed by atoms with E-state index in [4.69, 9.17) is 11.6 Å². The summed E-state index contributed by atoms with van der Waals surface area (Å²) < 4.78 is 0.00851. The molecule has 0 radical (unpaired) electrons. The summed E-state index contributed by atoms with van der Waals surface area (Å²) in [6.45, 7) is 0. The molecule has 3 N–H and O–H groups in total. The molecule has 8 heteroatoms. The number of aromatic hydroxyl groups is 1. The van der Waals surface area contributed by atoms with Crippen LogP contribution in [0.5, 0.6) is 5.88 Å².